The van der Waals surface area contributed by atoms with Crippen LogP contribution in [0.3, 0.4) is 0 Å². The van der Waals surface area contributed by atoms with Crippen LogP contribution < -0.4 is 4.74 Å². The second-order valence-corrected chi connectivity index (χ2v) is 7.69. The van der Waals surface area contributed by atoms with E-state index in [1.165, 1.54) is 32.2 Å². The van der Waals surface area contributed by atoms with Gasteiger partial charge in [-0.3, -0.25) is 9.69 Å². The number of piperidine rings is 2. The van der Waals surface area contributed by atoms with E-state index in [0.717, 1.165) is 25.6 Å². The van der Waals surface area contributed by atoms with Gasteiger partial charge in [-0.1, -0.05) is 12.1 Å². The van der Waals surface area contributed by atoms with E-state index in [0.29, 0.717) is 23.3 Å². The fourth-order valence-electron chi connectivity index (χ4n) is 4.63. The van der Waals surface area contributed by atoms with Crippen molar-refractivity contribution in [3.63, 3.8) is 0 Å². The minimum absolute atomic E-state index is 0.171. The van der Waals surface area contributed by atoms with Gasteiger partial charge in [0.15, 0.2) is 6.10 Å². The molecule has 0 bridgehead atoms. The third-order valence-corrected chi connectivity index (χ3v) is 6.08. The summed E-state index contributed by atoms with van der Waals surface area (Å²) in [7, 11) is 1.59. The van der Waals surface area contributed by atoms with Crippen LogP contribution >= 0.6 is 0 Å². The Morgan fingerprint density at radius 2 is 2.08 bits per heavy atom. The van der Waals surface area contributed by atoms with E-state index in [4.69, 9.17) is 4.74 Å². The summed E-state index contributed by atoms with van der Waals surface area (Å²) < 4.78 is 5.20. The van der Waals surface area contributed by atoms with Crippen LogP contribution in [0.15, 0.2) is 24.3 Å². The molecule has 25 heavy (non-hydrogen) atoms. The average molecular weight is 344 g/mol. The molecule has 4 rings (SSSR count). The number of hydrogen-bond acceptors (Lipinski definition) is 4. The van der Waals surface area contributed by atoms with Crippen LogP contribution in [0.2, 0.25) is 0 Å². The Kier molecular flexibility index (Phi) is 4.69. The van der Waals surface area contributed by atoms with Crippen LogP contribution in [0.5, 0.6) is 5.75 Å². The third-order valence-electron chi connectivity index (χ3n) is 6.08. The topological polar surface area (TPSA) is 53.0 Å². The van der Waals surface area contributed by atoms with Gasteiger partial charge in [0, 0.05) is 25.2 Å². The maximum atomic E-state index is 12.8. The SMILES string of the molecule is COc1cccc(C(O)C(=O)N2CCC3C(CCCN3C3CC3)C2)c1. The molecular weight excluding hydrogens is 316 g/mol. The van der Waals surface area contributed by atoms with E-state index >= 15 is 0 Å². The summed E-state index contributed by atoms with van der Waals surface area (Å²) in [6.45, 7) is 2.77. The van der Waals surface area contributed by atoms with E-state index < -0.39 is 6.10 Å². The molecule has 3 fully saturated rings. The lowest BCUT2D eigenvalue weighted by Crippen LogP contribution is -2.56. The minimum atomic E-state index is -1.10. The Hall–Kier alpha value is -1.59. The van der Waals surface area contributed by atoms with Gasteiger partial charge < -0.3 is 14.7 Å². The largest absolute Gasteiger partial charge is 0.497 e. The molecule has 0 aromatic heterocycles. The van der Waals surface area contributed by atoms with Crippen LogP contribution in [0.25, 0.3) is 0 Å². The molecule has 1 saturated carbocycles. The second-order valence-electron chi connectivity index (χ2n) is 7.69. The summed E-state index contributed by atoms with van der Waals surface area (Å²) in [6, 6.07) is 8.60. The van der Waals surface area contributed by atoms with E-state index in [9.17, 15) is 9.90 Å². The maximum absolute atomic E-state index is 12.8. The number of methoxy groups -OCH3 is 1. The Morgan fingerprint density at radius 3 is 2.84 bits per heavy atom. The van der Waals surface area contributed by atoms with Gasteiger partial charge in [-0.25, -0.2) is 0 Å². The number of amides is 1. The van der Waals surface area contributed by atoms with E-state index in [-0.39, 0.29) is 5.91 Å². The summed E-state index contributed by atoms with van der Waals surface area (Å²) in [5.74, 6) is 1.05. The van der Waals surface area contributed by atoms with Crippen LogP contribution in [0.4, 0.5) is 0 Å². The zero-order valence-corrected chi connectivity index (χ0v) is 14.9. The lowest BCUT2D eigenvalue weighted by Gasteiger charge is -2.47. The monoisotopic (exact) mass is 344 g/mol. The number of aliphatic hydroxyl groups is 1. The quantitative estimate of drug-likeness (QED) is 0.910. The molecule has 3 atom stereocenters. The average Bonchev–Trinajstić information content (AvgIpc) is 3.51. The van der Waals surface area contributed by atoms with Crippen molar-refractivity contribution in [1.29, 1.82) is 0 Å². The van der Waals surface area contributed by atoms with E-state index in [2.05, 4.69) is 4.90 Å². The van der Waals surface area contributed by atoms with Gasteiger partial charge in [0.25, 0.3) is 5.91 Å². The molecule has 0 spiro atoms. The summed E-state index contributed by atoms with van der Waals surface area (Å²) in [5.41, 5.74) is 0.606. The van der Waals surface area contributed by atoms with Crippen LogP contribution in [-0.2, 0) is 4.79 Å². The Bertz CT molecular complexity index is 631. The fourth-order valence-corrected chi connectivity index (χ4v) is 4.63. The van der Waals surface area contributed by atoms with Gasteiger partial charge in [-0.05, 0) is 62.3 Å². The smallest absolute Gasteiger partial charge is 0.256 e. The maximum Gasteiger partial charge on any atom is 0.256 e. The lowest BCUT2D eigenvalue weighted by molar-refractivity contribution is -0.144. The highest BCUT2D eigenvalue weighted by Crippen LogP contribution is 2.38. The van der Waals surface area contributed by atoms with Gasteiger partial charge in [0.1, 0.15) is 5.75 Å². The zero-order chi connectivity index (χ0) is 17.4. The molecule has 2 saturated heterocycles. The number of likely N-dealkylation sites (tertiary alicyclic amines) is 2. The molecule has 5 nitrogen and oxygen atoms in total. The molecule has 136 valence electrons. The molecule has 1 aromatic rings. The Balaban J connectivity index is 1.42. The third kappa shape index (κ3) is 3.40. The molecule has 1 amide bonds. The number of rotatable bonds is 4. The van der Waals surface area contributed by atoms with Crippen molar-refractivity contribution in [2.45, 2.75) is 50.3 Å². The number of carbonyl (C=O) groups excluding carboxylic acids is 1. The molecule has 5 heteroatoms. The first-order valence-electron chi connectivity index (χ1n) is 9.54. The fraction of sp³-hybridized carbons (Fsp3) is 0.650. The van der Waals surface area contributed by atoms with Gasteiger partial charge in [0.05, 0.1) is 7.11 Å². The highest BCUT2D eigenvalue weighted by Gasteiger charge is 2.43. The first kappa shape index (κ1) is 16.9. The Morgan fingerprint density at radius 1 is 1.24 bits per heavy atom. The molecule has 2 aliphatic heterocycles. The van der Waals surface area contributed by atoms with Crippen molar-refractivity contribution < 1.29 is 14.6 Å². The highest BCUT2D eigenvalue weighted by molar-refractivity contribution is 5.82. The number of nitrogens with zero attached hydrogens (tertiary/aromatic N) is 2. The van der Waals surface area contributed by atoms with Gasteiger partial charge in [-0.2, -0.15) is 0 Å². The first-order valence-corrected chi connectivity index (χ1v) is 9.54. The second kappa shape index (κ2) is 6.96. The summed E-state index contributed by atoms with van der Waals surface area (Å²) in [4.78, 5) is 17.4. The number of aliphatic hydroxyl groups excluding tert-OH is 1. The molecule has 1 aromatic carbocycles. The summed E-state index contributed by atoms with van der Waals surface area (Å²) in [5, 5.41) is 10.6. The van der Waals surface area contributed by atoms with Crippen molar-refractivity contribution >= 4 is 5.91 Å². The van der Waals surface area contributed by atoms with Crippen molar-refractivity contribution in [1.82, 2.24) is 9.80 Å². The van der Waals surface area contributed by atoms with Crippen LogP contribution in [0, 0.1) is 5.92 Å². The number of hydrogen-bond donors (Lipinski definition) is 1. The van der Waals surface area contributed by atoms with Gasteiger partial charge >= 0.3 is 0 Å². The van der Waals surface area contributed by atoms with Crippen molar-refractivity contribution in [2.24, 2.45) is 5.92 Å². The molecule has 3 aliphatic rings. The number of ether oxygens (including phenoxy) is 1. The molecule has 1 aliphatic carbocycles. The molecule has 1 N–H and O–H groups in total. The normalized spacial score (nSPS) is 28.3. The predicted octanol–water partition coefficient (Wildman–Crippen LogP) is 2.20. The standard InChI is InChI=1S/C20H28N2O3/c1-25-17-6-2-4-14(12-17)19(23)20(24)21-11-9-18-15(13-21)5-3-10-22(18)16-7-8-16/h2,4,6,12,15-16,18-19,23H,3,5,7-11,13H2,1H3. The van der Waals surface area contributed by atoms with Gasteiger partial charge in [-0.15, -0.1) is 0 Å². The highest BCUT2D eigenvalue weighted by atomic mass is 16.5. The van der Waals surface area contributed by atoms with E-state index in [1.807, 2.05) is 17.0 Å². The summed E-state index contributed by atoms with van der Waals surface area (Å²) in [6.07, 6.45) is 5.07. The van der Waals surface area contributed by atoms with Crippen molar-refractivity contribution in [3.8, 4) is 5.75 Å². The molecule has 0 radical (unpaired) electrons. The number of carbonyl (C=O) groups is 1. The first-order chi connectivity index (χ1) is 12.2. The van der Waals surface area contributed by atoms with Crippen LogP contribution in [-0.4, -0.2) is 59.6 Å². The Labute approximate surface area is 149 Å². The summed E-state index contributed by atoms with van der Waals surface area (Å²) >= 11 is 0. The zero-order valence-electron chi connectivity index (χ0n) is 14.9. The lowest BCUT2D eigenvalue weighted by atomic mass is 9.83. The van der Waals surface area contributed by atoms with Crippen molar-refractivity contribution in [2.75, 3.05) is 26.7 Å². The van der Waals surface area contributed by atoms with Gasteiger partial charge in [0.2, 0.25) is 0 Å². The number of fused-ring (bicyclic) bond motifs is 1. The van der Waals surface area contributed by atoms with Crippen LogP contribution in [0.1, 0.15) is 43.8 Å². The predicted molar refractivity (Wildman–Crippen MR) is 95.4 cm³/mol. The molecular formula is C20H28N2O3. The van der Waals surface area contributed by atoms with Crippen molar-refractivity contribution in [3.05, 3.63) is 29.8 Å². The number of benzene rings is 1. The minimum Gasteiger partial charge on any atom is -0.497 e. The van der Waals surface area contributed by atoms with E-state index in [1.54, 1.807) is 19.2 Å². The molecule has 3 unspecified atom stereocenters. The molecule has 2 heterocycles.